The molecule has 0 aliphatic carbocycles. The van der Waals surface area contributed by atoms with Crippen molar-refractivity contribution in [2.45, 2.75) is 12.5 Å². The summed E-state index contributed by atoms with van der Waals surface area (Å²) in [5.74, 6) is -0.0980. The summed E-state index contributed by atoms with van der Waals surface area (Å²) in [6.45, 7) is 0. The van der Waals surface area contributed by atoms with E-state index in [2.05, 4.69) is 12.1 Å². The Morgan fingerprint density at radius 3 is 2.67 bits per heavy atom. The number of benzene rings is 1. The van der Waals surface area contributed by atoms with E-state index in [0.29, 0.717) is 6.42 Å². The fraction of sp³-hybridized carbons (Fsp3) is 0.364. The van der Waals surface area contributed by atoms with Crippen molar-refractivity contribution in [3.05, 3.63) is 30.3 Å². The summed E-state index contributed by atoms with van der Waals surface area (Å²) in [6.07, 6.45) is 1.40. The second kappa shape index (κ2) is 4.73. The van der Waals surface area contributed by atoms with Gasteiger partial charge in [-0.2, -0.15) is 0 Å². The van der Waals surface area contributed by atoms with Crippen LogP contribution in [-0.2, 0) is 14.1 Å². The van der Waals surface area contributed by atoms with Crippen LogP contribution in [0.5, 0.6) is 0 Å². The van der Waals surface area contributed by atoms with Gasteiger partial charge in [-0.1, -0.05) is 30.3 Å². The molecule has 4 heteroatoms. The molecule has 15 heavy (non-hydrogen) atoms. The van der Waals surface area contributed by atoms with Crippen molar-refractivity contribution >= 4 is 19.4 Å². The van der Waals surface area contributed by atoms with Crippen LogP contribution in [0.25, 0.3) is 0 Å². The highest BCUT2D eigenvalue weighted by molar-refractivity contribution is 7.60. The molecule has 1 aromatic rings. The lowest BCUT2D eigenvalue weighted by Crippen LogP contribution is -2.35. The molecule has 3 nitrogen and oxygen atoms in total. The number of ether oxygens (including phenoxy) is 1. The third-order valence-electron chi connectivity index (χ3n) is 2.33. The standard InChI is InChI=1S/C11H13O3P/c1-13-15(8-9-7-11(12)14-9)10-5-3-2-4-6-10/h2-6,9H,7-8H2,1H3. The summed E-state index contributed by atoms with van der Waals surface area (Å²) in [5, 5.41) is 1.19. The monoisotopic (exact) mass is 224 g/mol. The Bertz CT molecular complexity index is 331. The quantitative estimate of drug-likeness (QED) is 0.576. The van der Waals surface area contributed by atoms with E-state index in [0.717, 1.165) is 6.16 Å². The van der Waals surface area contributed by atoms with Gasteiger partial charge in [-0.25, -0.2) is 0 Å². The van der Waals surface area contributed by atoms with Crippen molar-refractivity contribution in [3.63, 3.8) is 0 Å². The van der Waals surface area contributed by atoms with E-state index >= 15 is 0 Å². The molecular weight excluding hydrogens is 211 g/mol. The third kappa shape index (κ3) is 2.55. The molecule has 0 bridgehead atoms. The minimum absolute atomic E-state index is 0.0590. The highest BCUT2D eigenvalue weighted by Gasteiger charge is 2.31. The summed E-state index contributed by atoms with van der Waals surface area (Å²) >= 11 is 0. The zero-order valence-electron chi connectivity index (χ0n) is 8.55. The molecule has 1 aliphatic rings. The van der Waals surface area contributed by atoms with Crippen molar-refractivity contribution in [2.75, 3.05) is 13.3 Å². The van der Waals surface area contributed by atoms with Crippen molar-refractivity contribution in [1.29, 1.82) is 0 Å². The first kappa shape index (κ1) is 10.6. The second-order valence-electron chi connectivity index (χ2n) is 3.40. The molecule has 0 spiro atoms. The van der Waals surface area contributed by atoms with Crippen LogP contribution in [0.4, 0.5) is 0 Å². The van der Waals surface area contributed by atoms with Crippen LogP contribution >= 0.6 is 8.15 Å². The summed E-state index contributed by atoms with van der Waals surface area (Å²) in [6, 6.07) is 10.1. The van der Waals surface area contributed by atoms with Crippen LogP contribution in [0.3, 0.4) is 0 Å². The first-order valence-electron chi connectivity index (χ1n) is 4.86. The van der Waals surface area contributed by atoms with Crippen molar-refractivity contribution in [2.24, 2.45) is 0 Å². The Kier molecular flexibility index (Phi) is 3.34. The number of carbonyl (C=O) groups excluding carboxylic acids is 1. The second-order valence-corrected chi connectivity index (χ2v) is 5.40. The lowest BCUT2D eigenvalue weighted by Gasteiger charge is -2.28. The zero-order chi connectivity index (χ0) is 10.7. The van der Waals surface area contributed by atoms with Gasteiger partial charge in [0.1, 0.15) is 6.10 Å². The number of cyclic esters (lactones) is 1. The van der Waals surface area contributed by atoms with Gasteiger partial charge in [0, 0.05) is 18.6 Å². The third-order valence-corrected chi connectivity index (χ3v) is 4.38. The van der Waals surface area contributed by atoms with Crippen LogP contribution in [0.2, 0.25) is 0 Å². The van der Waals surface area contributed by atoms with Crippen LogP contribution in [0, 0.1) is 0 Å². The van der Waals surface area contributed by atoms with E-state index in [1.165, 1.54) is 5.30 Å². The Balaban J connectivity index is 1.96. The molecule has 80 valence electrons. The van der Waals surface area contributed by atoms with E-state index in [1.54, 1.807) is 7.11 Å². The molecule has 0 aromatic heterocycles. The predicted molar refractivity (Wildman–Crippen MR) is 59.4 cm³/mol. The number of hydrogen-bond acceptors (Lipinski definition) is 3. The smallest absolute Gasteiger partial charge is 0.309 e. The van der Waals surface area contributed by atoms with Crippen molar-refractivity contribution < 1.29 is 14.1 Å². The molecule has 1 heterocycles. The maximum Gasteiger partial charge on any atom is 0.309 e. The van der Waals surface area contributed by atoms with Gasteiger partial charge >= 0.3 is 5.97 Å². The molecule has 2 atom stereocenters. The maximum atomic E-state index is 10.7. The molecule has 2 unspecified atom stereocenters. The van der Waals surface area contributed by atoms with Crippen LogP contribution < -0.4 is 5.30 Å². The normalized spacial score (nSPS) is 21.7. The largest absolute Gasteiger partial charge is 0.461 e. The summed E-state index contributed by atoms with van der Waals surface area (Å²) in [7, 11) is 1.06. The predicted octanol–water partition coefficient (Wildman–Crippen LogP) is 1.67. The first-order chi connectivity index (χ1) is 7.29. The highest BCUT2D eigenvalue weighted by atomic mass is 31.1. The summed E-state index contributed by atoms with van der Waals surface area (Å²) in [4.78, 5) is 10.7. The molecule has 2 rings (SSSR count). The molecule has 0 N–H and O–H groups in total. The van der Waals surface area contributed by atoms with Gasteiger partial charge in [0.2, 0.25) is 0 Å². The Labute approximate surface area is 90.2 Å². The fourth-order valence-corrected chi connectivity index (χ4v) is 3.18. The van der Waals surface area contributed by atoms with Gasteiger partial charge in [0.15, 0.2) is 0 Å². The van der Waals surface area contributed by atoms with E-state index < -0.39 is 8.15 Å². The summed E-state index contributed by atoms with van der Waals surface area (Å²) in [5.41, 5.74) is 0. The van der Waals surface area contributed by atoms with Gasteiger partial charge in [-0.3, -0.25) is 4.79 Å². The number of esters is 1. The number of rotatable bonds is 4. The van der Waals surface area contributed by atoms with Gasteiger partial charge in [-0.15, -0.1) is 0 Å². The molecular formula is C11H13O3P. The average molecular weight is 224 g/mol. The van der Waals surface area contributed by atoms with Crippen LogP contribution in [-0.4, -0.2) is 25.3 Å². The van der Waals surface area contributed by atoms with Gasteiger partial charge < -0.3 is 9.26 Å². The SMILES string of the molecule is COP(CC1CC(=O)O1)c1ccccc1. The van der Waals surface area contributed by atoms with Gasteiger partial charge in [0.25, 0.3) is 0 Å². The summed E-state index contributed by atoms with van der Waals surface area (Å²) < 4.78 is 10.4. The molecule has 0 saturated carbocycles. The Hall–Kier alpha value is -0.920. The topological polar surface area (TPSA) is 35.5 Å². The number of hydrogen-bond donors (Lipinski definition) is 0. The molecule has 1 saturated heterocycles. The fourth-order valence-electron chi connectivity index (χ4n) is 1.53. The van der Waals surface area contributed by atoms with Crippen LogP contribution in [0.15, 0.2) is 30.3 Å². The minimum Gasteiger partial charge on any atom is -0.461 e. The lowest BCUT2D eigenvalue weighted by molar-refractivity contribution is -0.166. The number of carbonyl (C=O) groups is 1. The van der Waals surface area contributed by atoms with E-state index in [9.17, 15) is 4.79 Å². The van der Waals surface area contributed by atoms with E-state index in [-0.39, 0.29) is 12.1 Å². The molecule has 1 fully saturated rings. The Morgan fingerprint density at radius 1 is 1.47 bits per heavy atom. The molecule has 0 radical (unpaired) electrons. The van der Waals surface area contributed by atoms with Crippen molar-refractivity contribution in [3.8, 4) is 0 Å². The highest BCUT2D eigenvalue weighted by Crippen LogP contribution is 2.38. The van der Waals surface area contributed by atoms with E-state index in [4.69, 9.17) is 9.26 Å². The molecule has 1 aliphatic heterocycles. The molecule has 0 amide bonds. The lowest BCUT2D eigenvalue weighted by atomic mass is 10.2. The minimum atomic E-state index is -0.644. The molecule has 1 aromatic carbocycles. The Morgan fingerprint density at radius 2 is 2.13 bits per heavy atom. The van der Waals surface area contributed by atoms with Gasteiger partial charge in [-0.05, 0) is 0 Å². The average Bonchev–Trinajstić information content (AvgIpc) is 2.24. The zero-order valence-corrected chi connectivity index (χ0v) is 9.44. The van der Waals surface area contributed by atoms with E-state index in [1.807, 2.05) is 18.2 Å². The maximum absolute atomic E-state index is 10.7. The van der Waals surface area contributed by atoms with Crippen molar-refractivity contribution in [1.82, 2.24) is 0 Å². The first-order valence-corrected chi connectivity index (χ1v) is 6.30. The van der Waals surface area contributed by atoms with Gasteiger partial charge in [0.05, 0.1) is 14.6 Å². The van der Waals surface area contributed by atoms with Crippen LogP contribution in [0.1, 0.15) is 6.42 Å².